The lowest BCUT2D eigenvalue weighted by Crippen LogP contribution is -2.06. The Bertz CT molecular complexity index is 267. The van der Waals surface area contributed by atoms with Crippen molar-refractivity contribution in [2.24, 2.45) is 0 Å². The first-order valence-corrected chi connectivity index (χ1v) is 3.45. The van der Waals surface area contributed by atoms with Crippen LogP contribution in [0.25, 0.3) is 0 Å². The van der Waals surface area contributed by atoms with E-state index in [-0.39, 0.29) is 5.75 Å². The van der Waals surface area contributed by atoms with Crippen molar-refractivity contribution in [2.75, 3.05) is 0 Å². The van der Waals surface area contributed by atoms with Crippen LogP contribution in [0.15, 0.2) is 11.1 Å². The number of nitrogens with one attached hydrogen (secondary N) is 1. The van der Waals surface area contributed by atoms with Gasteiger partial charge in [-0.1, -0.05) is 13.8 Å². The number of H-pyrrole nitrogens is 1. The third-order valence-electron chi connectivity index (χ3n) is 1.01. The fraction of sp³-hybridized carbons (Fsp3) is 0.429. The maximum Gasteiger partial charge on any atom is 0.293 e. The molecular formula is C7H12N2O2. The topological polar surface area (TPSA) is 66.0 Å². The number of rotatable bonds is 0. The SMILES string of the molecule is CC.Cc1nc[nH]c(=O)c1O. The highest BCUT2D eigenvalue weighted by Crippen LogP contribution is 2.00. The van der Waals surface area contributed by atoms with Crippen LogP contribution >= 0.6 is 0 Å². The van der Waals surface area contributed by atoms with Crippen LogP contribution in [-0.4, -0.2) is 15.1 Å². The molecule has 62 valence electrons. The van der Waals surface area contributed by atoms with Crippen molar-refractivity contribution in [3.05, 3.63) is 22.4 Å². The summed E-state index contributed by atoms with van der Waals surface area (Å²) in [4.78, 5) is 16.4. The fourth-order valence-corrected chi connectivity index (χ4v) is 0.482. The maximum absolute atomic E-state index is 10.5. The summed E-state index contributed by atoms with van der Waals surface area (Å²) in [5.41, 5.74) is -0.152. The average molecular weight is 156 g/mol. The molecule has 1 aromatic heterocycles. The molecule has 0 aliphatic carbocycles. The minimum atomic E-state index is -0.498. The third-order valence-corrected chi connectivity index (χ3v) is 1.01. The molecule has 0 saturated carbocycles. The van der Waals surface area contributed by atoms with E-state index in [9.17, 15) is 4.79 Å². The van der Waals surface area contributed by atoms with E-state index in [0.29, 0.717) is 5.69 Å². The summed E-state index contributed by atoms with van der Waals surface area (Å²) in [6.07, 6.45) is 1.25. The monoisotopic (exact) mass is 156 g/mol. The van der Waals surface area contributed by atoms with Crippen LogP contribution in [0.4, 0.5) is 0 Å². The van der Waals surface area contributed by atoms with E-state index in [1.54, 1.807) is 6.92 Å². The molecule has 0 radical (unpaired) electrons. The number of aryl methyl sites for hydroxylation is 1. The molecule has 1 heterocycles. The molecule has 1 rings (SSSR count). The smallest absolute Gasteiger partial charge is 0.293 e. The van der Waals surface area contributed by atoms with Crippen molar-refractivity contribution < 1.29 is 5.11 Å². The summed E-state index contributed by atoms with van der Waals surface area (Å²) in [7, 11) is 0. The van der Waals surface area contributed by atoms with E-state index < -0.39 is 5.56 Å². The fourth-order valence-electron chi connectivity index (χ4n) is 0.482. The molecule has 4 nitrogen and oxygen atoms in total. The van der Waals surface area contributed by atoms with Crippen LogP contribution in [-0.2, 0) is 0 Å². The molecule has 0 saturated heterocycles. The Morgan fingerprint density at radius 3 is 2.45 bits per heavy atom. The Kier molecular flexibility index (Phi) is 3.95. The van der Waals surface area contributed by atoms with Gasteiger partial charge in [0.1, 0.15) is 0 Å². The lowest BCUT2D eigenvalue weighted by molar-refractivity contribution is 0.458. The first kappa shape index (κ1) is 9.68. The van der Waals surface area contributed by atoms with Crippen LogP contribution in [0.3, 0.4) is 0 Å². The largest absolute Gasteiger partial charge is 0.502 e. The van der Waals surface area contributed by atoms with Crippen molar-refractivity contribution in [3.8, 4) is 5.75 Å². The minimum absolute atomic E-state index is 0.308. The van der Waals surface area contributed by atoms with Crippen molar-refractivity contribution in [1.29, 1.82) is 0 Å². The van der Waals surface area contributed by atoms with Gasteiger partial charge >= 0.3 is 0 Å². The van der Waals surface area contributed by atoms with E-state index in [1.807, 2.05) is 13.8 Å². The van der Waals surface area contributed by atoms with Gasteiger partial charge in [-0.15, -0.1) is 0 Å². The molecule has 0 bridgehead atoms. The molecule has 0 aliphatic rings. The van der Waals surface area contributed by atoms with Gasteiger partial charge in [0.15, 0.2) is 0 Å². The van der Waals surface area contributed by atoms with E-state index in [0.717, 1.165) is 0 Å². The number of aromatic nitrogens is 2. The van der Waals surface area contributed by atoms with E-state index in [1.165, 1.54) is 6.33 Å². The van der Waals surface area contributed by atoms with Crippen molar-refractivity contribution in [2.45, 2.75) is 20.8 Å². The molecular weight excluding hydrogens is 144 g/mol. The van der Waals surface area contributed by atoms with Crippen LogP contribution < -0.4 is 5.56 Å². The second-order valence-corrected chi connectivity index (χ2v) is 1.67. The first-order chi connectivity index (χ1) is 5.22. The highest BCUT2D eigenvalue weighted by atomic mass is 16.3. The van der Waals surface area contributed by atoms with Gasteiger partial charge in [-0.2, -0.15) is 0 Å². The zero-order chi connectivity index (χ0) is 8.85. The lowest BCUT2D eigenvalue weighted by atomic mass is 10.4. The zero-order valence-electron chi connectivity index (χ0n) is 6.88. The van der Waals surface area contributed by atoms with E-state index >= 15 is 0 Å². The van der Waals surface area contributed by atoms with Gasteiger partial charge < -0.3 is 10.1 Å². The molecule has 0 fully saturated rings. The molecule has 0 aromatic carbocycles. The highest BCUT2D eigenvalue weighted by molar-refractivity contribution is 5.19. The summed E-state index contributed by atoms with van der Waals surface area (Å²) in [6.45, 7) is 5.56. The molecule has 1 aromatic rings. The van der Waals surface area contributed by atoms with Crippen molar-refractivity contribution in [1.82, 2.24) is 9.97 Å². The number of aromatic amines is 1. The second kappa shape index (κ2) is 4.49. The lowest BCUT2D eigenvalue weighted by Gasteiger charge is -1.90. The predicted molar refractivity (Wildman–Crippen MR) is 42.6 cm³/mol. The second-order valence-electron chi connectivity index (χ2n) is 1.67. The predicted octanol–water partition coefficient (Wildman–Crippen LogP) is 0.810. The molecule has 11 heavy (non-hydrogen) atoms. The Balaban J connectivity index is 0.000000461. The van der Waals surface area contributed by atoms with Crippen LogP contribution in [0, 0.1) is 6.92 Å². The Morgan fingerprint density at radius 2 is 2.09 bits per heavy atom. The summed E-state index contributed by atoms with van der Waals surface area (Å²) in [5, 5.41) is 8.80. The molecule has 0 amide bonds. The number of nitrogens with zero attached hydrogens (tertiary/aromatic N) is 1. The Morgan fingerprint density at radius 1 is 1.55 bits per heavy atom. The standard InChI is InChI=1S/C5H6N2O2.C2H6/c1-3-4(8)5(9)7-2-6-3;1-2/h2,8H,1H3,(H,6,7,9);1-2H3. The van der Waals surface area contributed by atoms with Crippen molar-refractivity contribution in [3.63, 3.8) is 0 Å². The van der Waals surface area contributed by atoms with Crippen molar-refractivity contribution >= 4 is 0 Å². The van der Waals surface area contributed by atoms with Gasteiger partial charge in [0.2, 0.25) is 5.75 Å². The average Bonchev–Trinajstić information content (AvgIpc) is 2.04. The number of hydrogen-bond acceptors (Lipinski definition) is 3. The zero-order valence-corrected chi connectivity index (χ0v) is 6.88. The van der Waals surface area contributed by atoms with Crippen LogP contribution in [0.2, 0.25) is 0 Å². The van der Waals surface area contributed by atoms with E-state index in [2.05, 4.69) is 9.97 Å². The Labute approximate surface area is 64.9 Å². The number of aromatic hydroxyl groups is 1. The molecule has 2 N–H and O–H groups in total. The Hall–Kier alpha value is -1.32. The summed E-state index contributed by atoms with van der Waals surface area (Å²) >= 11 is 0. The van der Waals surface area contributed by atoms with Gasteiger partial charge in [-0.25, -0.2) is 4.98 Å². The van der Waals surface area contributed by atoms with Gasteiger partial charge in [-0.3, -0.25) is 4.79 Å². The molecule has 0 spiro atoms. The van der Waals surface area contributed by atoms with E-state index in [4.69, 9.17) is 5.11 Å². The van der Waals surface area contributed by atoms with Crippen LogP contribution in [0.1, 0.15) is 19.5 Å². The van der Waals surface area contributed by atoms with Crippen LogP contribution in [0.5, 0.6) is 5.75 Å². The van der Waals surface area contributed by atoms with Gasteiger partial charge in [0, 0.05) is 0 Å². The maximum atomic E-state index is 10.5. The third kappa shape index (κ3) is 2.41. The summed E-state index contributed by atoms with van der Waals surface area (Å²) in [5.74, 6) is -0.308. The normalized spacial score (nSPS) is 8.27. The molecule has 0 unspecified atom stereocenters. The highest BCUT2D eigenvalue weighted by Gasteiger charge is 1.97. The quantitative estimate of drug-likeness (QED) is 0.584. The summed E-state index contributed by atoms with van der Waals surface area (Å²) in [6, 6.07) is 0. The van der Waals surface area contributed by atoms with Gasteiger partial charge in [-0.05, 0) is 6.92 Å². The van der Waals surface area contributed by atoms with Gasteiger partial charge in [0.05, 0.1) is 12.0 Å². The first-order valence-electron chi connectivity index (χ1n) is 3.45. The minimum Gasteiger partial charge on any atom is -0.502 e. The number of hydrogen-bond donors (Lipinski definition) is 2. The van der Waals surface area contributed by atoms with Gasteiger partial charge in [0.25, 0.3) is 5.56 Å². The molecule has 0 atom stereocenters. The molecule has 4 heteroatoms. The molecule has 0 aliphatic heterocycles. The summed E-state index contributed by atoms with van der Waals surface area (Å²) < 4.78 is 0.